The Labute approximate surface area is 104 Å². The van der Waals surface area contributed by atoms with E-state index >= 15 is 0 Å². The molecule has 1 heterocycles. The van der Waals surface area contributed by atoms with E-state index in [4.69, 9.17) is 0 Å². The number of hydrogen-bond donors (Lipinski definition) is 1. The molecule has 1 aliphatic heterocycles. The van der Waals surface area contributed by atoms with Crippen LogP contribution in [0, 0.1) is 11.8 Å². The van der Waals surface area contributed by atoms with E-state index < -0.39 is 0 Å². The van der Waals surface area contributed by atoms with Gasteiger partial charge in [0.25, 0.3) is 0 Å². The minimum Gasteiger partial charge on any atom is -0.314 e. The van der Waals surface area contributed by atoms with Crippen molar-refractivity contribution >= 4 is 0 Å². The minimum absolute atomic E-state index is 0.581. The van der Waals surface area contributed by atoms with E-state index in [0.29, 0.717) is 6.04 Å². The quantitative estimate of drug-likeness (QED) is 0.857. The van der Waals surface area contributed by atoms with Gasteiger partial charge < -0.3 is 5.32 Å². The van der Waals surface area contributed by atoms with Crippen LogP contribution in [0.2, 0.25) is 0 Å². The van der Waals surface area contributed by atoms with Crippen molar-refractivity contribution in [2.24, 2.45) is 11.8 Å². The summed E-state index contributed by atoms with van der Waals surface area (Å²) in [5, 5.41) is 3.53. The summed E-state index contributed by atoms with van der Waals surface area (Å²) in [5.74, 6) is 1.92. The Kier molecular flexibility index (Phi) is 3.17. The molecule has 0 spiro atoms. The summed E-state index contributed by atoms with van der Waals surface area (Å²) in [7, 11) is 0. The molecule has 2 aliphatic rings. The van der Waals surface area contributed by atoms with Crippen LogP contribution < -0.4 is 5.32 Å². The van der Waals surface area contributed by atoms with Crippen molar-refractivity contribution < 1.29 is 0 Å². The molecule has 92 valence electrons. The molecular weight excluding hydrogens is 208 g/mol. The summed E-state index contributed by atoms with van der Waals surface area (Å²) >= 11 is 0. The number of benzene rings is 1. The Bertz CT molecular complexity index is 362. The average Bonchev–Trinajstić information content (AvgIpc) is 3.07. The summed E-state index contributed by atoms with van der Waals surface area (Å²) < 4.78 is 0. The number of nitrogens with one attached hydrogen (secondary N) is 1. The zero-order chi connectivity index (χ0) is 11.7. The molecule has 1 saturated carbocycles. The number of piperazine rings is 1. The van der Waals surface area contributed by atoms with Crippen LogP contribution in [0.5, 0.6) is 0 Å². The predicted octanol–water partition coefficient (Wildman–Crippen LogP) is 2.29. The van der Waals surface area contributed by atoms with Crippen LogP contribution in [0.3, 0.4) is 0 Å². The monoisotopic (exact) mass is 230 g/mol. The van der Waals surface area contributed by atoms with E-state index in [1.807, 2.05) is 0 Å². The van der Waals surface area contributed by atoms with Crippen molar-refractivity contribution in [2.75, 3.05) is 26.2 Å². The van der Waals surface area contributed by atoms with Crippen LogP contribution in [0.25, 0.3) is 0 Å². The van der Waals surface area contributed by atoms with Gasteiger partial charge in [-0.25, -0.2) is 0 Å². The summed E-state index contributed by atoms with van der Waals surface area (Å²) in [4.78, 5) is 2.68. The first-order chi connectivity index (χ1) is 8.34. The molecule has 2 nitrogen and oxygen atoms in total. The van der Waals surface area contributed by atoms with Crippen LogP contribution >= 0.6 is 0 Å². The Morgan fingerprint density at radius 3 is 2.76 bits per heavy atom. The van der Waals surface area contributed by atoms with Crippen LogP contribution in [0.4, 0.5) is 0 Å². The molecule has 0 aromatic heterocycles. The average molecular weight is 230 g/mol. The fraction of sp³-hybridized carbons (Fsp3) is 0.600. The topological polar surface area (TPSA) is 15.3 Å². The van der Waals surface area contributed by atoms with E-state index in [1.165, 1.54) is 25.1 Å². The van der Waals surface area contributed by atoms with E-state index in [-0.39, 0.29) is 0 Å². The standard InChI is InChI=1S/C15H22N2/c1-12-9-14(12)11-17-8-7-16-10-15(17)13-5-3-2-4-6-13/h2-6,12,14-16H,7-11H2,1H3. The second-order valence-electron chi connectivity index (χ2n) is 5.60. The molecule has 1 aromatic rings. The first-order valence-electron chi connectivity index (χ1n) is 6.84. The molecule has 3 atom stereocenters. The van der Waals surface area contributed by atoms with Gasteiger partial charge in [0, 0.05) is 32.2 Å². The van der Waals surface area contributed by atoms with Gasteiger partial charge >= 0.3 is 0 Å². The lowest BCUT2D eigenvalue weighted by Crippen LogP contribution is -2.46. The highest BCUT2D eigenvalue weighted by molar-refractivity contribution is 5.20. The third kappa shape index (κ3) is 2.53. The van der Waals surface area contributed by atoms with Gasteiger partial charge in [0.1, 0.15) is 0 Å². The van der Waals surface area contributed by atoms with E-state index in [2.05, 4.69) is 47.5 Å². The maximum Gasteiger partial charge on any atom is 0.0473 e. The number of hydrogen-bond acceptors (Lipinski definition) is 2. The maximum atomic E-state index is 3.53. The van der Waals surface area contributed by atoms with E-state index in [1.54, 1.807) is 0 Å². The summed E-state index contributed by atoms with van der Waals surface area (Å²) in [6.07, 6.45) is 1.44. The molecule has 1 saturated heterocycles. The third-order valence-corrected chi connectivity index (χ3v) is 4.28. The Balaban J connectivity index is 1.71. The van der Waals surface area contributed by atoms with Gasteiger partial charge in [-0.05, 0) is 23.8 Å². The molecule has 1 aromatic carbocycles. The Morgan fingerprint density at radius 1 is 1.29 bits per heavy atom. The smallest absolute Gasteiger partial charge is 0.0473 e. The van der Waals surface area contributed by atoms with E-state index in [0.717, 1.165) is 24.9 Å². The third-order valence-electron chi connectivity index (χ3n) is 4.28. The first-order valence-corrected chi connectivity index (χ1v) is 6.84. The summed E-state index contributed by atoms with van der Waals surface area (Å²) in [6.45, 7) is 7.12. The van der Waals surface area contributed by atoms with Crippen molar-refractivity contribution in [3.8, 4) is 0 Å². The van der Waals surface area contributed by atoms with Crippen molar-refractivity contribution in [1.29, 1.82) is 0 Å². The van der Waals surface area contributed by atoms with Gasteiger partial charge in [-0.2, -0.15) is 0 Å². The SMILES string of the molecule is CC1CC1CN1CCNCC1c1ccccc1. The minimum atomic E-state index is 0.581. The summed E-state index contributed by atoms with van der Waals surface area (Å²) in [6, 6.07) is 11.5. The molecule has 0 bridgehead atoms. The van der Waals surface area contributed by atoms with Crippen LogP contribution in [0.1, 0.15) is 24.9 Å². The van der Waals surface area contributed by atoms with Gasteiger partial charge in [0.15, 0.2) is 0 Å². The van der Waals surface area contributed by atoms with Gasteiger partial charge in [0.05, 0.1) is 0 Å². The fourth-order valence-electron chi connectivity index (χ4n) is 2.92. The second-order valence-corrected chi connectivity index (χ2v) is 5.60. The zero-order valence-corrected chi connectivity index (χ0v) is 10.6. The lowest BCUT2D eigenvalue weighted by Gasteiger charge is -2.36. The molecule has 2 heteroatoms. The molecule has 0 radical (unpaired) electrons. The second kappa shape index (κ2) is 4.79. The molecular formula is C15H22N2. The Hall–Kier alpha value is -0.860. The molecule has 2 fully saturated rings. The Morgan fingerprint density at radius 2 is 2.06 bits per heavy atom. The van der Waals surface area contributed by atoms with Gasteiger partial charge in [-0.3, -0.25) is 4.90 Å². The van der Waals surface area contributed by atoms with Crippen LogP contribution in [0.15, 0.2) is 30.3 Å². The fourth-order valence-corrected chi connectivity index (χ4v) is 2.92. The molecule has 1 N–H and O–H groups in total. The maximum absolute atomic E-state index is 3.53. The zero-order valence-electron chi connectivity index (χ0n) is 10.6. The highest BCUT2D eigenvalue weighted by atomic mass is 15.2. The number of rotatable bonds is 3. The number of nitrogens with zero attached hydrogens (tertiary/aromatic N) is 1. The normalized spacial score (nSPS) is 33.6. The van der Waals surface area contributed by atoms with Crippen molar-refractivity contribution in [3.05, 3.63) is 35.9 Å². The molecule has 3 unspecified atom stereocenters. The van der Waals surface area contributed by atoms with Gasteiger partial charge in [-0.15, -0.1) is 0 Å². The molecule has 3 rings (SSSR count). The first kappa shape index (κ1) is 11.2. The largest absolute Gasteiger partial charge is 0.314 e. The van der Waals surface area contributed by atoms with Crippen molar-refractivity contribution in [1.82, 2.24) is 10.2 Å². The predicted molar refractivity (Wildman–Crippen MR) is 70.9 cm³/mol. The highest BCUT2D eigenvalue weighted by Gasteiger charge is 2.36. The lowest BCUT2D eigenvalue weighted by atomic mass is 10.0. The van der Waals surface area contributed by atoms with Crippen molar-refractivity contribution in [3.63, 3.8) is 0 Å². The highest BCUT2D eigenvalue weighted by Crippen LogP contribution is 2.39. The lowest BCUT2D eigenvalue weighted by molar-refractivity contribution is 0.153. The van der Waals surface area contributed by atoms with Crippen LogP contribution in [-0.2, 0) is 0 Å². The molecule has 1 aliphatic carbocycles. The van der Waals surface area contributed by atoms with Gasteiger partial charge in [-0.1, -0.05) is 37.3 Å². The molecule has 0 amide bonds. The summed E-state index contributed by atoms with van der Waals surface area (Å²) in [5.41, 5.74) is 1.47. The van der Waals surface area contributed by atoms with Crippen LogP contribution in [-0.4, -0.2) is 31.1 Å². The van der Waals surface area contributed by atoms with Gasteiger partial charge in [0.2, 0.25) is 0 Å². The molecule has 17 heavy (non-hydrogen) atoms. The van der Waals surface area contributed by atoms with E-state index in [9.17, 15) is 0 Å². The van der Waals surface area contributed by atoms with Crippen molar-refractivity contribution in [2.45, 2.75) is 19.4 Å².